The highest BCUT2D eigenvalue weighted by Gasteiger charge is 2.33. The fraction of sp³-hybridized carbons (Fsp3) is 0.231. The molecule has 2 atom stereocenters. The monoisotopic (exact) mass is 250 g/mol. The van der Waals surface area contributed by atoms with Crippen molar-refractivity contribution < 1.29 is 14.3 Å². The summed E-state index contributed by atoms with van der Waals surface area (Å²) in [5.41, 5.74) is 0.802. The standard InChI is InChI=1S/C13H11ClO3/c1-8(15)17-12-7-6-11(16)13(12)9-2-4-10(14)5-3-9/h2-7,12-13H,1H3/t12-,13-/m0/s1. The number of carbonyl (C=O) groups excluding carboxylic acids is 2. The van der Waals surface area contributed by atoms with Crippen LogP contribution in [0.25, 0.3) is 0 Å². The zero-order valence-electron chi connectivity index (χ0n) is 9.22. The van der Waals surface area contributed by atoms with Crippen molar-refractivity contribution in [3.8, 4) is 0 Å². The molecule has 88 valence electrons. The fourth-order valence-electron chi connectivity index (χ4n) is 1.89. The van der Waals surface area contributed by atoms with Crippen molar-refractivity contribution in [2.24, 2.45) is 0 Å². The maximum atomic E-state index is 11.7. The van der Waals surface area contributed by atoms with Gasteiger partial charge in [0.05, 0.1) is 5.92 Å². The summed E-state index contributed by atoms with van der Waals surface area (Å²) < 4.78 is 5.10. The molecule has 3 nitrogen and oxygen atoms in total. The molecular weight excluding hydrogens is 240 g/mol. The zero-order valence-corrected chi connectivity index (χ0v) is 9.98. The minimum atomic E-state index is -0.513. The Morgan fingerprint density at radius 3 is 2.53 bits per heavy atom. The molecule has 4 heteroatoms. The van der Waals surface area contributed by atoms with Gasteiger partial charge in [-0.15, -0.1) is 0 Å². The number of esters is 1. The second kappa shape index (κ2) is 4.72. The summed E-state index contributed by atoms with van der Waals surface area (Å²) in [7, 11) is 0. The van der Waals surface area contributed by atoms with Gasteiger partial charge >= 0.3 is 5.97 Å². The van der Waals surface area contributed by atoms with E-state index in [2.05, 4.69) is 0 Å². The van der Waals surface area contributed by atoms with Crippen LogP contribution >= 0.6 is 11.6 Å². The molecule has 2 rings (SSSR count). The first-order chi connectivity index (χ1) is 8.08. The number of hydrogen-bond acceptors (Lipinski definition) is 3. The van der Waals surface area contributed by atoms with Crippen LogP contribution in [0.4, 0.5) is 0 Å². The van der Waals surface area contributed by atoms with Crippen molar-refractivity contribution in [3.05, 3.63) is 47.0 Å². The maximum absolute atomic E-state index is 11.7. The lowest BCUT2D eigenvalue weighted by Crippen LogP contribution is -2.23. The fourth-order valence-corrected chi connectivity index (χ4v) is 2.02. The third kappa shape index (κ3) is 2.56. The number of allylic oxidation sites excluding steroid dienone is 1. The Labute approximate surface area is 104 Å². The first-order valence-corrected chi connectivity index (χ1v) is 5.60. The van der Waals surface area contributed by atoms with Crippen LogP contribution in [0, 0.1) is 0 Å². The molecule has 0 unspecified atom stereocenters. The third-order valence-corrected chi connectivity index (χ3v) is 2.87. The smallest absolute Gasteiger partial charge is 0.303 e. The number of rotatable bonds is 2. The summed E-state index contributed by atoms with van der Waals surface area (Å²) >= 11 is 5.79. The summed E-state index contributed by atoms with van der Waals surface area (Å²) in [5.74, 6) is -0.900. The quantitative estimate of drug-likeness (QED) is 0.758. The van der Waals surface area contributed by atoms with Gasteiger partial charge in [-0.2, -0.15) is 0 Å². The third-order valence-electron chi connectivity index (χ3n) is 2.62. The van der Waals surface area contributed by atoms with E-state index in [1.807, 2.05) is 0 Å². The van der Waals surface area contributed by atoms with Gasteiger partial charge in [0.2, 0.25) is 0 Å². The molecule has 0 fully saturated rings. The van der Waals surface area contributed by atoms with E-state index in [1.54, 1.807) is 30.3 Å². The summed E-state index contributed by atoms with van der Waals surface area (Å²) in [6.07, 6.45) is 2.55. The van der Waals surface area contributed by atoms with Gasteiger partial charge in [0.25, 0.3) is 0 Å². The Morgan fingerprint density at radius 2 is 1.94 bits per heavy atom. The highest BCUT2D eigenvalue weighted by molar-refractivity contribution is 6.30. The number of ether oxygens (including phenoxy) is 1. The molecule has 0 saturated heterocycles. The van der Waals surface area contributed by atoms with Crippen LogP contribution in [0.1, 0.15) is 18.4 Å². The average molecular weight is 251 g/mol. The van der Waals surface area contributed by atoms with Crippen molar-refractivity contribution in [2.75, 3.05) is 0 Å². The number of benzene rings is 1. The van der Waals surface area contributed by atoms with Gasteiger partial charge in [0.1, 0.15) is 6.10 Å². The Bertz CT molecular complexity index is 476. The van der Waals surface area contributed by atoms with E-state index < -0.39 is 18.0 Å². The Balaban J connectivity index is 2.26. The van der Waals surface area contributed by atoms with E-state index in [9.17, 15) is 9.59 Å². The minimum absolute atomic E-state index is 0.0569. The van der Waals surface area contributed by atoms with Gasteiger partial charge in [-0.05, 0) is 29.8 Å². The Kier molecular flexibility index (Phi) is 3.29. The van der Waals surface area contributed by atoms with Gasteiger partial charge < -0.3 is 4.74 Å². The zero-order chi connectivity index (χ0) is 12.4. The second-order valence-electron chi connectivity index (χ2n) is 3.86. The maximum Gasteiger partial charge on any atom is 0.303 e. The van der Waals surface area contributed by atoms with Crippen LogP contribution in [-0.4, -0.2) is 17.9 Å². The second-order valence-corrected chi connectivity index (χ2v) is 4.30. The molecule has 0 N–H and O–H groups in total. The van der Waals surface area contributed by atoms with Gasteiger partial charge in [0, 0.05) is 11.9 Å². The molecule has 0 bridgehead atoms. The van der Waals surface area contributed by atoms with Crippen LogP contribution in [0.5, 0.6) is 0 Å². The predicted octanol–water partition coefficient (Wildman–Crippen LogP) is 2.49. The lowest BCUT2D eigenvalue weighted by molar-refractivity contribution is -0.145. The minimum Gasteiger partial charge on any atom is -0.457 e. The number of hydrogen-bond donors (Lipinski definition) is 0. The number of ketones is 1. The van der Waals surface area contributed by atoms with Crippen molar-refractivity contribution >= 4 is 23.4 Å². The molecule has 0 amide bonds. The molecule has 0 heterocycles. The van der Waals surface area contributed by atoms with E-state index in [0.717, 1.165) is 5.56 Å². The highest BCUT2D eigenvalue weighted by Crippen LogP contribution is 2.30. The van der Waals surface area contributed by atoms with Crippen LogP contribution in [0.3, 0.4) is 0 Å². The Morgan fingerprint density at radius 1 is 1.29 bits per heavy atom. The van der Waals surface area contributed by atoms with E-state index in [-0.39, 0.29) is 5.78 Å². The molecule has 0 radical (unpaired) electrons. The first kappa shape index (κ1) is 11.9. The summed E-state index contributed by atoms with van der Waals surface area (Å²) in [4.78, 5) is 22.7. The van der Waals surface area contributed by atoms with E-state index in [1.165, 1.54) is 13.0 Å². The predicted molar refractivity (Wildman–Crippen MR) is 63.9 cm³/mol. The van der Waals surface area contributed by atoms with E-state index in [4.69, 9.17) is 16.3 Å². The van der Waals surface area contributed by atoms with Gasteiger partial charge in [-0.3, -0.25) is 9.59 Å². The van der Waals surface area contributed by atoms with Crippen molar-refractivity contribution in [1.82, 2.24) is 0 Å². The highest BCUT2D eigenvalue weighted by atomic mass is 35.5. The molecule has 1 aromatic carbocycles. The lowest BCUT2D eigenvalue weighted by atomic mass is 9.94. The van der Waals surface area contributed by atoms with Crippen molar-refractivity contribution in [3.63, 3.8) is 0 Å². The topological polar surface area (TPSA) is 43.4 Å². The first-order valence-electron chi connectivity index (χ1n) is 5.22. The molecule has 1 aliphatic carbocycles. The number of carbonyl (C=O) groups is 2. The number of halogens is 1. The molecule has 1 aliphatic rings. The van der Waals surface area contributed by atoms with Crippen LogP contribution in [0.2, 0.25) is 5.02 Å². The van der Waals surface area contributed by atoms with Gasteiger partial charge in [0.15, 0.2) is 5.78 Å². The molecule has 0 aliphatic heterocycles. The Hall–Kier alpha value is -1.61. The molecule has 0 spiro atoms. The van der Waals surface area contributed by atoms with Gasteiger partial charge in [-0.25, -0.2) is 0 Å². The summed E-state index contributed by atoms with van der Waals surface area (Å²) in [5, 5.41) is 0.608. The van der Waals surface area contributed by atoms with Crippen molar-refractivity contribution in [2.45, 2.75) is 18.9 Å². The molecule has 0 aromatic heterocycles. The SMILES string of the molecule is CC(=O)O[C@H]1C=CC(=O)[C@@H]1c1ccc(Cl)cc1. The summed E-state index contributed by atoms with van der Waals surface area (Å²) in [6.45, 7) is 1.33. The summed E-state index contributed by atoms with van der Waals surface area (Å²) in [6, 6.07) is 6.98. The van der Waals surface area contributed by atoms with Crippen LogP contribution in [-0.2, 0) is 14.3 Å². The molecular formula is C13H11ClO3. The average Bonchev–Trinajstić information content (AvgIpc) is 2.61. The molecule has 1 aromatic rings. The largest absolute Gasteiger partial charge is 0.457 e. The van der Waals surface area contributed by atoms with Crippen LogP contribution in [0.15, 0.2) is 36.4 Å². The van der Waals surface area contributed by atoms with Crippen LogP contribution < -0.4 is 0 Å². The molecule has 0 saturated carbocycles. The lowest BCUT2D eigenvalue weighted by Gasteiger charge is -2.18. The van der Waals surface area contributed by atoms with E-state index in [0.29, 0.717) is 5.02 Å². The molecule has 17 heavy (non-hydrogen) atoms. The van der Waals surface area contributed by atoms with Crippen molar-refractivity contribution in [1.29, 1.82) is 0 Å². The van der Waals surface area contributed by atoms with Gasteiger partial charge in [-0.1, -0.05) is 23.7 Å². The van der Waals surface area contributed by atoms with E-state index >= 15 is 0 Å². The normalized spacial score (nSPS) is 22.8.